The maximum absolute atomic E-state index is 13.3. The van der Waals surface area contributed by atoms with E-state index in [-0.39, 0.29) is 24.3 Å². The maximum Gasteiger partial charge on any atom is 0.246 e. The molecule has 8 nitrogen and oxygen atoms in total. The first-order chi connectivity index (χ1) is 18.8. The molecule has 1 heterocycles. The fourth-order valence-corrected chi connectivity index (χ4v) is 4.24. The van der Waals surface area contributed by atoms with Crippen molar-refractivity contribution in [1.82, 2.24) is 14.5 Å². The first-order valence-electron chi connectivity index (χ1n) is 12.5. The first-order valence-corrected chi connectivity index (χ1v) is 12.9. The molecule has 0 atom stereocenters. The summed E-state index contributed by atoms with van der Waals surface area (Å²) in [5, 5.41) is 3.52. The van der Waals surface area contributed by atoms with Gasteiger partial charge in [-0.25, -0.2) is 4.98 Å². The molecule has 3 aromatic carbocycles. The van der Waals surface area contributed by atoms with Gasteiger partial charge in [0.1, 0.15) is 6.54 Å². The van der Waals surface area contributed by atoms with Crippen LogP contribution in [0, 0.1) is 5.92 Å². The molecular weight excluding hydrogens is 516 g/mol. The van der Waals surface area contributed by atoms with Gasteiger partial charge in [-0.15, -0.1) is 0 Å². The van der Waals surface area contributed by atoms with Gasteiger partial charge in [0, 0.05) is 35.3 Å². The molecule has 1 aromatic heterocycles. The van der Waals surface area contributed by atoms with E-state index in [1.165, 1.54) is 0 Å². The molecule has 2 amide bonds. The normalized spacial score (nSPS) is 10.8. The van der Waals surface area contributed by atoms with Crippen molar-refractivity contribution >= 4 is 29.4 Å². The molecule has 0 aliphatic carbocycles. The molecule has 0 radical (unpaired) electrons. The largest absolute Gasteiger partial charge is 0.493 e. The van der Waals surface area contributed by atoms with Crippen molar-refractivity contribution in [3.05, 3.63) is 89.6 Å². The lowest BCUT2D eigenvalue weighted by Crippen LogP contribution is -2.40. The van der Waals surface area contributed by atoms with Gasteiger partial charge < -0.3 is 14.4 Å². The number of benzene rings is 3. The van der Waals surface area contributed by atoms with Crippen LogP contribution < -0.4 is 14.8 Å². The number of anilines is 1. The lowest BCUT2D eigenvalue weighted by atomic mass is 10.1. The van der Waals surface area contributed by atoms with E-state index in [4.69, 9.17) is 26.1 Å². The Hall–Kier alpha value is -4.30. The minimum absolute atomic E-state index is 0.112. The number of nitrogens with zero attached hydrogens (tertiary/aromatic N) is 3. The fraction of sp³-hybridized carbons (Fsp3) is 0.233. The van der Waals surface area contributed by atoms with Gasteiger partial charge in [0.15, 0.2) is 11.5 Å². The Morgan fingerprint density at radius 3 is 2.31 bits per heavy atom. The number of carbonyl (C=O) groups is 2. The van der Waals surface area contributed by atoms with Crippen molar-refractivity contribution < 1.29 is 19.1 Å². The molecule has 0 spiro atoms. The van der Waals surface area contributed by atoms with Crippen LogP contribution in [0.4, 0.5) is 5.95 Å². The van der Waals surface area contributed by atoms with Crippen LogP contribution in [-0.2, 0) is 16.1 Å². The number of nitrogens with one attached hydrogen (secondary N) is 1. The SMILES string of the molecule is COc1ccc(-n2cc(-c3ccc(Cl)cc3)nc2NC(=O)CN(Cc2ccccc2)C(=O)C(C)C)cc1OC. The predicted octanol–water partition coefficient (Wildman–Crippen LogP) is 5.83. The summed E-state index contributed by atoms with van der Waals surface area (Å²) in [7, 11) is 3.13. The predicted molar refractivity (Wildman–Crippen MR) is 152 cm³/mol. The molecule has 0 bridgehead atoms. The molecular formula is C30H31ClN4O4. The van der Waals surface area contributed by atoms with Crippen molar-refractivity contribution in [2.75, 3.05) is 26.1 Å². The van der Waals surface area contributed by atoms with Gasteiger partial charge in [0.2, 0.25) is 17.8 Å². The number of halogens is 1. The number of hydrogen-bond acceptors (Lipinski definition) is 5. The van der Waals surface area contributed by atoms with Crippen molar-refractivity contribution in [3.63, 3.8) is 0 Å². The van der Waals surface area contributed by atoms with E-state index in [0.29, 0.717) is 40.4 Å². The highest BCUT2D eigenvalue weighted by Crippen LogP contribution is 2.32. The Morgan fingerprint density at radius 2 is 1.67 bits per heavy atom. The average molecular weight is 547 g/mol. The zero-order valence-electron chi connectivity index (χ0n) is 22.3. The maximum atomic E-state index is 13.3. The van der Waals surface area contributed by atoms with Crippen molar-refractivity contribution in [2.24, 2.45) is 5.92 Å². The zero-order valence-corrected chi connectivity index (χ0v) is 23.1. The Labute approximate surface area is 233 Å². The van der Waals surface area contributed by atoms with Crippen LogP contribution in [0.5, 0.6) is 11.5 Å². The second-order valence-electron chi connectivity index (χ2n) is 9.25. The van der Waals surface area contributed by atoms with Crippen LogP contribution in [0.1, 0.15) is 19.4 Å². The minimum atomic E-state index is -0.366. The molecule has 0 saturated heterocycles. The number of amides is 2. The van der Waals surface area contributed by atoms with E-state index in [1.54, 1.807) is 48.0 Å². The lowest BCUT2D eigenvalue weighted by Gasteiger charge is -2.24. The van der Waals surface area contributed by atoms with E-state index in [9.17, 15) is 9.59 Å². The fourth-order valence-electron chi connectivity index (χ4n) is 4.12. The lowest BCUT2D eigenvalue weighted by molar-refractivity contribution is -0.138. The van der Waals surface area contributed by atoms with Crippen LogP contribution in [0.3, 0.4) is 0 Å². The summed E-state index contributed by atoms with van der Waals surface area (Å²) < 4.78 is 12.6. The van der Waals surface area contributed by atoms with E-state index in [0.717, 1.165) is 11.1 Å². The molecule has 0 aliphatic heterocycles. The van der Waals surface area contributed by atoms with Gasteiger partial charge in [-0.2, -0.15) is 0 Å². The van der Waals surface area contributed by atoms with Gasteiger partial charge in [0.25, 0.3) is 0 Å². The minimum Gasteiger partial charge on any atom is -0.493 e. The van der Waals surface area contributed by atoms with Gasteiger partial charge >= 0.3 is 0 Å². The summed E-state index contributed by atoms with van der Waals surface area (Å²) >= 11 is 6.08. The van der Waals surface area contributed by atoms with Crippen LogP contribution in [0.15, 0.2) is 79.0 Å². The highest BCUT2D eigenvalue weighted by molar-refractivity contribution is 6.30. The topological polar surface area (TPSA) is 85.7 Å². The summed E-state index contributed by atoms with van der Waals surface area (Å²) in [6.45, 7) is 3.84. The number of methoxy groups -OCH3 is 2. The number of hydrogen-bond donors (Lipinski definition) is 1. The first kappa shape index (κ1) is 27.7. The Kier molecular flexibility index (Phi) is 8.88. The molecule has 1 N–H and O–H groups in total. The van der Waals surface area contributed by atoms with Crippen molar-refractivity contribution in [3.8, 4) is 28.4 Å². The molecule has 0 unspecified atom stereocenters. The third kappa shape index (κ3) is 6.78. The quantitative estimate of drug-likeness (QED) is 0.270. The average Bonchev–Trinajstić information content (AvgIpc) is 3.36. The Morgan fingerprint density at radius 1 is 0.974 bits per heavy atom. The summed E-state index contributed by atoms with van der Waals surface area (Å²) in [6.07, 6.45) is 1.82. The molecule has 202 valence electrons. The van der Waals surface area contributed by atoms with Crippen LogP contribution >= 0.6 is 11.6 Å². The number of carbonyl (C=O) groups excluding carboxylic acids is 2. The van der Waals surface area contributed by atoms with Gasteiger partial charge in [-0.05, 0) is 29.8 Å². The molecule has 4 aromatic rings. The molecule has 0 saturated carbocycles. The van der Waals surface area contributed by atoms with E-state index in [1.807, 2.05) is 68.6 Å². The van der Waals surface area contributed by atoms with Crippen LogP contribution in [0.25, 0.3) is 16.9 Å². The van der Waals surface area contributed by atoms with E-state index < -0.39 is 0 Å². The van der Waals surface area contributed by atoms with Crippen LogP contribution in [0.2, 0.25) is 5.02 Å². The highest BCUT2D eigenvalue weighted by Gasteiger charge is 2.22. The van der Waals surface area contributed by atoms with Gasteiger partial charge in [-0.3, -0.25) is 19.5 Å². The number of aromatic nitrogens is 2. The number of ether oxygens (including phenoxy) is 2. The van der Waals surface area contributed by atoms with Crippen LogP contribution in [-0.4, -0.2) is 47.0 Å². The Balaban J connectivity index is 1.66. The second kappa shape index (κ2) is 12.5. The smallest absolute Gasteiger partial charge is 0.246 e. The molecule has 0 aliphatic rings. The summed E-state index contributed by atoms with van der Waals surface area (Å²) in [4.78, 5) is 32.5. The molecule has 0 fully saturated rings. The van der Waals surface area contributed by atoms with Gasteiger partial charge in [0.05, 0.1) is 25.6 Å². The van der Waals surface area contributed by atoms with Gasteiger partial charge in [-0.1, -0.05) is 67.9 Å². The molecule has 4 rings (SSSR count). The second-order valence-corrected chi connectivity index (χ2v) is 9.69. The Bertz CT molecular complexity index is 1440. The van der Waals surface area contributed by atoms with Crippen molar-refractivity contribution in [2.45, 2.75) is 20.4 Å². The molecule has 9 heteroatoms. The molecule has 39 heavy (non-hydrogen) atoms. The summed E-state index contributed by atoms with van der Waals surface area (Å²) in [5.41, 5.74) is 3.11. The number of imidazole rings is 1. The third-order valence-electron chi connectivity index (χ3n) is 6.10. The van der Waals surface area contributed by atoms with E-state index in [2.05, 4.69) is 5.32 Å². The third-order valence-corrected chi connectivity index (χ3v) is 6.35. The van der Waals surface area contributed by atoms with Crippen molar-refractivity contribution in [1.29, 1.82) is 0 Å². The summed E-state index contributed by atoms with van der Waals surface area (Å²) in [5.74, 6) is 0.675. The van der Waals surface area contributed by atoms with E-state index >= 15 is 0 Å². The monoisotopic (exact) mass is 546 g/mol. The standard InChI is InChI=1S/C30H31ClN4O4/c1-20(2)29(37)34(17-21-8-6-5-7-9-21)19-28(36)33-30-32-25(22-10-12-23(31)13-11-22)18-35(30)24-14-15-26(38-3)27(16-24)39-4/h5-16,18,20H,17,19H2,1-4H3,(H,32,33,36). The zero-order chi connectivity index (χ0) is 27.9. The number of rotatable bonds is 10. The highest BCUT2D eigenvalue weighted by atomic mass is 35.5. The summed E-state index contributed by atoms with van der Waals surface area (Å²) in [6, 6.07) is 22.3.